The standard InChI is InChI=1S/C10H22OSi/c1-7(2)9-5-4-8(3)6-10(9,11)12/h7-9,11H,4-6H2,1-3,12H3. The number of rotatable bonds is 1. The third-order valence-electron chi connectivity index (χ3n) is 3.34. The average Bonchev–Trinajstić information content (AvgIpc) is 1.82. The Kier molecular flexibility index (Phi) is 3.00. The molecule has 12 heavy (non-hydrogen) atoms. The van der Waals surface area contributed by atoms with Crippen LogP contribution in [0.25, 0.3) is 0 Å². The van der Waals surface area contributed by atoms with Gasteiger partial charge in [0.15, 0.2) is 0 Å². The maximum Gasteiger partial charge on any atom is 0.0484 e. The zero-order valence-corrected chi connectivity index (χ0v) is 10.8. The molecule has 0 aromatic rings. The zero-order chi connectivity index (χ0) is 9.35. The van der Waals surface area contributed by atoms with Gasteiger partial charge in [0.1, 0.15) is 0 Å². The van der Waals surface area contributed by atoms with Crippen molar-refractivity contribution in [3.8, 4) is 0 Å². The van der Waals surface area contributed by atoms with Crippen LogP contribution in [0.1, 0.15) is 40.0 Å². The SMILES string of the molecule is CC1CCC(C(C)C)C(O)([SiH3])C1. The molecule has 0 saturated heterocycles. The second-order valence-electron chi connectivity index (χ2n) is 5.09. The quantitative estimate of drug-likeness (QED) is 0.609. The summed E-state index contributed by atoms with van der Waals surface area (Å²) in [5.41, 5.74) is 0. The summed E-state index contributed by atoms with van der Waals surface area (Å²) in [5.74, 6) is 1.96. The summed E-state index contributed by atoms with van der Waals surface area (Å²) < 4.78 is 0. The summed E-state index contributed by atoms with van der Waals surface area (Å²) in [6.45, 7) is 6.74. The lowest BCUT2D eigenvalue weighted by Gasteiger charge is -2.42. The van der Waals surface area contributed by atoms with Crippen molar-refractivity contribution in [3.05, 3.63) is 0 Å². The summed E-state index contributed by atoms with van der Waals surface area (Å²) in [5, 5.41) is 9.96. The van der Waals surface area contributed by atoms with Crippen molar-refractivity contribution in [1.82, 2.24) is 0 Å². The molecule has 0 heterocycles. The van der Waals surface area contributed by atoms with E-state index < -0.39 is 0 Å². The summed E-state index contributed by atoms with van der Waals surface area (Å²) >= 11 is 0. The molecule has 1 N–H and O–H groups in total. The van der Waals surface area contributed by atoms with E-state index in [1.165, 1.54) is 12.8 Å². The molecule has 0 aromatic carbocycles. The summed E-state index contributed by atoms with van der Waals surface area (Å²) in [4.78, 5) is 0. The van der Waals surface area contributed by atoms with Crippen LogP contribution in [0.15, 0.2) is 0 Å². The molecule has 0 aliphatic heterocycles. The minimum Gasteiger partial charge on any atom is -0.394 e. The average molecular weight is 186 g/mol. The molecule has 1 saturated carbocycles. The first-order valence-electron chi connectivity index (χ1n) is 5.16. The molecule has 0 aromatic heterocycles. The van der Waals surface area contributed by atoms with Gasteiger partial charge in [-0.3, -0.25) is 0 Å². The van der Waals surface area contributed by atoms with E-state index in [9.17, 15) is 5.11 Å². The monoisotopic (exact) mass is 186 g/mol. The number of hydrogen-bond donors (Lipinski definition) is 1. The van der Waals surface area contributed by atoms with Crippen LogP contribution in [-0.2, 0) is 0 Å². The van der Waals surface area contributed by atoms with E-state index in [-0.39, 0.29) is 5.22 Å². The van der Waals surface area contributed by atoms with Gasteiger partial charge < -0.3 is 5.11 Å². The normalized spacial score (nSPS) is 43.8. The third kappa shape index (κ3) is 2.11. The van der Waals surface area contributed by atoms with E-state index in [1.807, 2.05) is 0 Å². The second kappa shape index (κ2) is 3.50. The van der Waals surface area contributed by atoms with Crippen LogP contribution in [0.3, 0.4) is 0 Å². The van der Waals surface area contributed by atoms with E-state index in [4.69, 9.17) is 0 Å². The maximum atomic E-state index is 10.2. The maximum absolute atomic E-state index is 10.2. The molecule has 0 bridgehead atoms. The Morgan fingerprint density at radius 1 is 1.42 bits per heavy atom. The highest BCUT2D eigenvalue weighted by atomic mass is 28.1. The van der Waals surface area contributed by atoms with E-state index in [0.717, 1.165) is 22.6 Å². The lowest BCUT2D eigenvalue weighted by atomic mass is 9.75. The zero-order valence-electron chi connectivity index (χ0n) is 8.80. The van der Waals surface area contributed by atoms with E-state index in [0.29, 0.717) is 11.8 Å². The van der Waals surface area contributed by atoms with E-state index >= 15 is 0 Å². The van der Waals surface area contributed by atoms with Crippen LogP contribution < -0.4 is 0 Å². The molecule has 2 heteroatoms. The van der Waals surface area contributed by atoms with Crippen molar-refractivity contribution in [3.63, 3.8) is 0 Å². The smallest absolute Gasteiger partial charge is 0.0484 e. The van der Waals surface area contributed by atoms with Crippen LogP contribution in [0.2, 0.25) is 0 Å². The number of hydrogen-bond acceptors (Lipinski definition) is 1. The van der Waals surface area contributed by atoms with Crippen molar-refractivity contribution in [2.24, 2.45) is 17.8 Å². The molecule has 72 valence electrons. The highest BCUT2D eigenvalue weighted by Gasteiger charge is 2.38. The Bertz CT molecular complexity index is 154. The molecular formula is C10H22OSi. The van der Waals surface area contributed by atoms with E-state index in [1.54, 1.807) is 0 Å². The van der Waals surface area contributed by atoms with Crippen molar-refractivity contribution >= 4 is 10.2 Å². The minimum absolute atomic E-state index is 0.272. The van der Waals surface area contributed by atoms with Crippen LogP contribution in [0.5, 0.6) is 0 Å². The van der Waals surface area contributed by atoms with Gasteiger partial charge in [-0.25, -0.2) is 0 Å². The lowest BCUT2D eigenvalue weighted by molar-refractivity contribution is -0.0117. The fourth-order valence-corrected chi connectivity index (χ4v) is 4.44. The molecule has 0 amide bonds. The largest absolute Gasteiger partial charge is 0.394 e. The van der Waals surface area contributed by atoms with Crippen LogP contribution in [0.4, 0.5) is 0 Å². The third-order valence-corrected chi connectivity index (χ3v) is 4.49. The molecule has 1 fully saturated rings. The first-order valence-corrected chi connectivity index (χ1v) is 6.16. The first-order chi connectivity index (χ1) is 5.43. The topological polar surface area (TPSA) is 20.2 Å². The summed E-state index contributed by atoms with van der Waals surface area (Å²) in [7, 11) is 0.935. The molecule has 1 aliphatic rings. The Balaban J connectivity index is 2.64. The van der Waals surface area contributed by atoms with Gasteiger partial charge in [0, 0.05) is 15.5 Å². The van der Waals surface area contributed by atoms with Gasteiger partial charge in [-0.2, -0.15) is 0 Å². The van der Waals surface area contributed by atoms with Gasteiger partial charge in [-0.15, -0.1) is 0 Å². The fraction of sp³-hybridized carbons (Fsp3) is 1.00. The van der Waals surface area contributed by atoms with Gasteiger partial charge in [0.25, 0.3) is 0 Å². The predicted octanol–water partition coefficient (Wildman–Crippen LogP) is 1.13. The second-order valence-corrected chi connectivity index (χ2v) is 6.83. The molecule has 3 atom stereocenters. The Morgan fingerprint density at radius 2 is 2.00 bits per heavy atom. The number of aliphatic hydroxyl groups is 1. The van der Waals surface area contributed by atoms with Crippen molar-refractivity contribution < 1.29 is 5.11 Å². The molecule has 1 rings (SSSR count). The Morgan fingerprint density at radius 3 is 2.42 bits per heavy atom. The van der Waals surface area contributed by atoms with E-state index in [2.05, 4.69) is 20.8 Å². The van der Waals surface area contributed by atoms with Crippen LogP contribution >= 0.6 is 0 Å². The van der Waals surface area contributed by atoms with Crippen molar-refractivity contribution in [2.45, 2.75) is 45.3 Å². The van der Waals surface area contributed by atoms with Crippen LogP contribution in [0, 0.1) is 17.8 Å². The van der Waals surface area contributed by atoms with Crippen molar-refractivity contribution in [2.75, 3.05) is 0 Å². The predicted molar refractivity (Wildman–Crippen MR) is 56.2 cm³/mol. The Hall–Kier alpha value is 0.177. The molecule has 1 nitrogen and oxygen atoms in total. The summed E-state index contributed by atoms with van der Waals surface area (Å²) in [6, 6.07) is 0. The fourth-order valence-electron chi connectivity index (χ4n) is 2.79. The van der Waals surface area contributed by atoms with Gasteiger partial charge >= 0.3 is 0 Å². The molecule has 3 unspecified atom stereocenters. The van der Waals surface area contributed by atoms with Crippen molar-refractivity contribution in [1.29, 1.82) is 0 Å². The van der Waals surface area contributed by atoms with Crippen LogP contribution in [-0.4, -0.2) is 20.6 Å². The highest BCUT2D eigenvalue weighted by Crippen LogP contribution is 2.38. The first kappa shape index (κ1) is 10.3. The molecule has 0 spiro atoms. The molecule has 1 aliphatic carbocycles. The van der Waals surface area contributed by atoms with Gasteiger partial charge in [-0.1, -0.05) is 27.2 Å². The van der Waals surface area contributed by atoms with Gasteiger partial charge in [-0.05, 0) is 30.6 Å². The minimum atomic E-state index is -0.272. The summed E-state index contributed by atoms with van der Waals surface area (Å²) in [6.07, 6.45) is 3.59. The molecule has 0 radical (unpaired) electrons. The lowest BCUT2D eigenvalue weighted by Crippen LogP contribution is -2.45. The van der Waals surface area contributed by atoms with Gasteiger partial charge in [0.2, 0.25) is 0 Å². The Labute approximate surface area is 79.0 Å². The van der Waals surface area contributed by atoms with Gasteiger partial charge in [0.05, 0.1) is 0 Å². The highest BCUT2D eigenvalue weighted by molar-refractivity contribution is 6.14. The molecular weight excluding hydrogens is 164 g/mol.